The number of benzene rings is 2. The molecule has 8 nitrogen and oxygen atoms in total. The zero-order valence-corrected chi connectivity index (χ0v) is 21.0. The predicted octanol–water partition coefficient (Wildman–Crippen LogP) is 4.78. The molecule has 0 saturated heterocycles. The SMILES string of the molecule is CCCOc1ccc(C(=O)OCC(=O)c2cc(C)n(CC3COc4ccccc4O3)c2C)cc1OC. The van der Waals surface area contributed by atoms with Crippen molar-refractivity contribution in [1.29, 1.82) is 0 Å². The molecule has 1 aliphatic heterocycles. The zero-order valence-electron chi connectivity index (χ0n) is 21.0. The Morgan fingerprint density at radius 2 is 1.83 bits per heavy atom. The molecule has 0 saturated carbocycles. The number of hydrogen-bond donors (Lipinski definition) is 0. The number of para-hydroxylation sites is 2. The number of Topliss-reactive ketones (excluding diaryl/α,β-unsaturated/α-hetero) is 1. The minimum Gasteiger partial charge on any atom is -0.493 e. The fraction of sp³-hybridized carbons (Fsp3) is 0.357. The van der Waals surface area contributed by atoms with Crippen LogP contribution >= 0.6 is 0 Å². The van der Waals surface area contributed by atoms with E-state index in [-0.39, 0.29) is 24.1 Å². The molecule has 0 amide bonds. The second kappa shape index (κ2) is 11.2. The molecule has 8 heteroatoms. The van der Waals surface area contributed by atoms with Gasteiger partial charge in [-0.25, -0.2) is 4.79 Å². The van der Waals surface area contributed by atoms with Crippen LogP contribution in [0.3, 0.4) is 0 Å². The van der Waals surface area contributed by atoms with Crippen LogP contribution in [-0.4, -0.2) is 49.4 Å². The van der Waals surface area contributed by atoms with Crippen LogP contribution in [-0.2, 0) is 11.3 Å². The minimum absolute atomic E-state index is 0.190. The van der Waals surface area contributed by atoms with Gasteiger partial charge in [-0.3, -0.25) is 4.79 Å². The molecule has 0 radical (unpaired) electrons. The first-order valence-electron chi connectivity index (χ1n) is 12.0. The number of aryl methyl sites for hydroxylation is 1. The van der Waals surface area contributed by atoms with Gasteiger partial charge in [0.25, 0.3) is 0 Å². The molecule has 0 fully saturated rings. The van der Waals surface area contributed by atoms with Crippen molar-refractivity contribution in [2.24, 2.45) is 0 Å². The van der Waals surface area contributed by atoms with Gasteiger partial charge in [0.1, 0.15) is 6.61 Å². The number of methoxy groups -OCH3 is 1. The maximum Gasteiger partial charge on any atom is 0.338 e. The van der Waals surface area contributed by atoms with Crippen LogP contribution < -0.4 is 18.9 Å². The van der Waals surface area contributed by atoms with Crippen molar-refractivity contribution in [3.8, 4) is 23.0 Å². The number of fused-ring (bicyclic) bond motifs is 1. The number of carbonyl (C=O) groups is 2. The predicted molar refractivity (Wildman–Crippen MR) is 134 cm³/mol. The lowest BCUT2D eigenvalue weighted by atomic mass is 10.1. The molecule has 2 aromatic carbocycles. The van der Waals surface area contributed by atoms with Crippen LogP contribution in [0.15, 0.2) is 48.5 Å². The molecule has 3 aromatic rings. The van der Waals surface area contributed by atoms with Gasteiger partial charge in [0.15, 0.2) is 35.7 Å². The lowest BCUT2D eigenvalue weighted by Gasteiger charge is -2.27. The molecule has 0 bridgehead atoms. The number of ketones is 1. The monoisotopic (exact) mass is 493 g/mol. The van der Waals surface area contributed by atoms with E-state index >= 15 is 0 Å². The van der Waals surface area contributed by atoms with Gasteiger partial charge in [-0.05, 0) is 56.7 Å². The fourth-order valence-electron chi connectivity index (χ4n) is 4.14. The van der Waals surface area contributed by atoms with Crippen LogP contribution in [0.2, 0.25) is 0 Å². The Kier molecular flexibility index (Phi) is 7.83. The highest BCUT2D eigenvalue weighted by atomic mass is 16.6. The maximum absolute atomic E-state index is 12.9. The Bertz CT molecular complexity index is 1250. The molecule has 1 unspecified atom stereocenters. The summed E-state index contributed by atoms with van der Waals surface area (Å²) in [6, 6.07) is 14.2. The van der Waals surface area contributed by atoms with Crippen molar-refractivity contribution in [2.75, 3.05) is 26.9 Å². The van der Waals surface area contributed by atoms with Crippen LogP contribution in [0, 0.1) is 13.8 Å². The van der Waals surface area contributed by atoms with E-state index in [0.29, 0.717) is 42.6 Å². The van der Waals surface area contributed by atoms with Gasteiger partial charge < -0.3 is 28.3 Å². The summed E-state index contributed by atoms with van der Waals surface area (Å²) >= 11 is 0. The first-order chi connectivity index (χ1) is 17.4. The van der Waals surface area contributed by atoms with Gasteiger partial charge in [0, 0.05) is 17.0 Å². The summed E-state index contributed by atoms with van der Waals surface area (Å²) in [5.74, 6) is 1.54. The van der Waals surface area contributed by atoms with Gasteiger partial charge in [-0.15, -0.1) is 0 Å². The summed E-state index contributed by atoms with van der Waals surface area (Å²) < 4.78 is 30.2. The van der Waals surface area contributed by atoms with Crippen molar-refractivity contribution in [2.45, 2.75) is 39.8 Å². The molecule has 1 atom stereocenters. The summed E-state index contributed by atoms with van der Waals surface area (Å²) in [7, 11) is 1.51. The van der Waals surface area contributed by atoms with Gasteiger partial charge in [0.05, 0.1) is 25.8 Å². The second-order valence-electron chi connectivity index (χ2n) is 8.61. The van der Waals surface area contributed by atoms with Gasteiger partial charge in [-0.1, -0.05) is 19.1 Å². The third-order valence-corrected chi connectivity index (χ3v) is 6.02. The molecular formula is C28H31NO7. The highest BCUT2D eigenvalue weighted by molar-refractivity contribution is 6.00. The van der Waals surface area contributed by atoms with Gasteiger partial charge in [-0.2, -0.15) is 0 Å². The molecule has 190 valence electrons. The van der Waals surface area contributed by atoms with E-state index in [9.17, 15) is 9.59 Å². The highest BCUT2D eigenvalue weighted by Gasteiger charge is 2.24. The molecule has 0 spiro atoms. The molecule has 4 rings (SSSR count). The lowest BCUT2D eigenvalue weighted by molar-refractivity contribution is 0.0474. The average molecular weight is 494 g/mol. The molecule has 1 aromatic heterocycles. The number of aromatic nitrogens is 1. The Morgan fingerprint density at radius 3 is 2.58 bits per heavy atom. The second-order valence-corrected chi connectivity index (χ2v) is 8.61. The first kappa shape index (κ1) is 25.2. The van der Waals surface area contributed by atoms with E-state index in [1.54, 1.807) is 18.2 Å². The summed E-state index contributed by atoms with van der Waals surface area (Å²) in [4.78, 5) is 25.5. The van der Waals surface area contributed by atoms with Crippen LogP contribution in [0.1, 0.15) is 45.4 Å². The Hall–Kier alpha value is -3.94. The molecular weight excluding hydrogens is 462 g/mol. The zero-order chi connectivity index (χ0) is 25.7. The largest absolute Gasteiger partial charge is 0.493 e. The topological polar surface area (TPSA) is 85.2 Å². The van der Waals surface area contributed by atoms with E-state index in [1.807, 2.05) is 55.7 Å². The highest BCUT2D eigenvalue weighted by Crippen LogP contribution is 2.32. The fourth-order valence-corrected chi connectivity index (χ4v) is 4.14. The minimum atomic E-state index is -0.607. The number of hydrogen-bond acceptors (Lipinski definition) is 7. The lowest BCUT2D eigenvalue weighted by Crippen LogP contribution is -2.33. The summed E-state index contributed by atoms with van der Waals surface area (Å²) in [6.07, 6.45) is 0.662. The number of carbonyl (C=O) groups excluding carboxylic acids is 2. The summed E-state index contributed by atoms with van der Waals surface area (Å²) in [6.45, 7) is 6.94. The summed E-state index contributed by atoms with van der Waals surface area (Å²) in [5.41, 5.74) is 2.49. The maximum atomic E-state index is 12.9. The molecule has 0 aliphatic carbocycles. The van der Waals surface area contributed by atoms with Crippen LogP contribution in [0.5, 0.6) is 23.0 Å². The number of rotatable bonds is 10. The van der Waals surface area contributed by atoms with E-state index in [0.717, 1.165) is 23.6 Å². The number of ether oxygens (including phenoxy) is 5. The van der Waals surface area contributed by atoms with Crippen LogP contribution in [0.25, 0.3) is 0 Å². The van der Waals surface area contributed by atoms with E-state index in [2.05, 4.69) is 0 Å². The summed E-state index contributed by atoms with van der Waals surface area (Å²) in [5, 5.41) is 0. The molecule has 0 N–H and O–H groups in total. The molecule has 1 aliphatic rings. The Balaban J connectivity index is 1.39. The molecule has 2 heterocycles. The Morgan fingerprint density at radius 1 is 1.06 bits per heavy atom. The van der Waals surface area contributed by atoms with Gasteiger partial charge in [0.2, 0.25) is 5.78 Å². The van der Waals surface area contributed by atoms with Crippen LogP contribution in [0.4, 0.5) is 0 Å². The van der Waals surface area contributed by atoms with E-state index in [4.69, 9.17) is 23.7 Å². The quantitative estimate of drug-likeness (QED) is 0.297. The van der Waals surface area contributed by atoms with Crippen molar-refractivity contribution < 1.29 is 33.3 Å². The first-order valence-corrected chi connectivity index (χ1v) is 12.0. The van der Waals surface area contributed by atoms with Crippen molar-refractivity contribution in [1.82, 2.24) is 4.57 Å². The normalized spacial score (nSPS) is 14.3. The third kappa shape index (κ3) is 5.48. The van der Waals surface area contributed by atoms with Crippen molar-refractivity contribution >= 4 is 11.8 Å². The van der Waals surface area contributed by atoms with Crippen molar-refractivity contribution in [3.05, 3.63) is 71.0 Å². The van der Waals surface area contributed by atoms with E-state index in [1.165, 1.54) is 7.11 Å². The standard InChI is InChI=1S/C28H31NO7/c1-5-12-33-25-11-10-20(14-27(25)32-4)28(31)35-17-23(30)22-13-18(2)29(19(22)3)15-21-16-34-24-8-6-7-9-26(24)36-21/h6-11,13-14,21H,5,12,15-17H2,1-4H3. The average Bonchev–Trinajstić information content (AvgIpc) is 3.18. The van der Waals surface area contributed by atoms with Gasteiger partial charge >= 0.3 is 5.97 Å². The molecule has 36 heavy (non-hydrogen) atoms. The van der Waals surface area contributed by atoms with E-state index < -0.39 is 5.97 Å². The smallest absolute Gasteiger partial charge is 0.338 e. The third-order valence-electron chi connectivity index (χ3n) is 6.02. The van der Waals surface area contributed by atoms with Crippen molar-refractivity contribution in [3.63, 3.8) is 0 Å². The Labute approximate surface area is 210 Å². The number of nitrogens with zero attached hydrogens (tertiary/aromatic N) is 1. The number of esters is 1.